The van der Waals surface area contributed by atoms with E-state index >= 15 is 0 Å². The van der Waals surface area contributed by atoms with Gasteiger partial charge in [0.2, 0.25) is 11.8 Å². The molecule has 1 aliphatic heterocycles. The van der Waals surface area contributed by atoms with E-state index < -0.39 is 0 Å². The largest absolute Gasteiger partial charge is 0.421 e. The fraction of sp³-hybridized carbons (Fsp3) is 0.500. The second kappa shape index (κ2) is 7.65. The SMILES string of the molecule is Cc1nnc(-c2ccc(NC(=O)NC[C@@H]3CCO[C@@H]3C(C)C)cc2)o1. The van der Waals surface area contributed by atoms with E-state index in [-0.39, 0.29) is 12.1 Å². The fourth-order valence-corrected chi connectivity index (χ4v) is 3.12. The molecule has 1 aromatic carbocycles. The van der Waals surface area contributed by atoms with Crippen LogP contribution in [0.1, 0.15) is 26.2 Å². The van der Waals surface area contributed by atoms with Gasteiger partial charge in [0.25, 0.3) is 0 Å². The van der Waals surface area contributed by atoms with Gasteiger partial charge in [-0.2, -0.15) is 0 Å². The molecule has 1 fully saturated rings. The number of carbonyl (C=O) groups is 1. The lowest BCUT2D eigenvalue weighted by atomic mass is 9.93. The first-order valence-electron chi connectivity index (χ1n) is 8.60. The summed E-state index contributed by atoms with van der Waals surface area (Å²) >= 11 is 0. The molecule has 1 aliphatic rings. The molecule has 0 unspecified atom stereocenters. The van der Waals surface area contributed by atoms with Crippen molar-refractivity contribution in [3.8, 4) is 11.5 Å². The van der Waals surface area contributed by atoms with Crippen molar-refractivity contribution in [3.63, 3.8) is 0 Å². The molecular weight excluding hydrogens is 320 g/mol. The Balaban J connectivity index is 1.51. The van der Waals surface area contributed by atoms with E-state index in [1.165, 1.54) is 0 Å². The number of aromatic nitrogens is 2. The molecule has 0 saturated carbocycles. The normalized spacial score (nSPS) is 20.0. The molecule has 2 heterocycles. The van der Waals surface area contributed by atoms with Crippen LogP contribution < -0.4 is 10.6 Å². The highest BCUT2D eigenvalue weighted by atomic mass is 16.5. The highest BCUT2D eigenvalue weighted by Gasteiger charge is 2.30. The van der Waals surface area contributed by atoms with E-state index in [2.05, 4.69) is 34.7 Å². The molecule has 3 rings (SSSR count). The first-order valence-corrected chi connectivity index (χ1v) is 8.60. The van der Waals surface area contributed by atoms with Crippen molar-refractivity contribution in [2.75, 3.05) is 18.5 Å². The van der Waals surface area contributed by atoms with Gasteiger partial charge in [0.15, 0.2) is 0 Å². The number of hydrogen-bond donors (Lipinski definition) is 2. The van der Waals surface area contributed by atoms with Crippen molar-refractivity contribution in [2.45, 2.75) is 33.3 Å². The number of anilines is 1. The number of ether oxygens (including phenoxy) is 1. The van der Waals surface area contributed by atoms with Crippen LogP contribution in [0.25, 0.3) is 11.5 Å². The van der Waals surface area contributed by atoms with E-state index in [1.807, 2.05) is 24.3 Å². The Morgan fingerprint density at radius 2 is 2.04 bits per heavy atom. The highest BCUT2D eigenvalue weighted by molar-refractivity contribution is 5.89. The van der Waals surface area contributed by atoms with E-state index in [1.54, 1.807) is 6.92 Å². The molecule has 0 aliphatic carbocycles. The molecule has 0 radical (unpaired) electrons. The van der Waals surface area contributed by atoms with Gasteiger partial charge in [-0.3, -0.25) is 0 Å². The molecule has 2 atom stereocenters. The van der Waals surface area contributed by atoms with Crippen LogP contribution in [0.15, 0.2) is 28.7 Å². The third kappa shape index (κ3) is 4.36. The monoisotopic (exact) mass is 344 g/mol. The van der Waals surface area contributed by atoms with E-state index in [0.29, 0.717) is 35.8 Å². The summed E-state index contributed by atoms with van der Waals surface area (Å²) in [4.78, 5) is 12.1. The third-order valence-corrected chi connectivity index (χ3v) is 4.36. The van der Waals surface area contributed by atoms with Gasteiger partial charge >= 0.3 is 6.03 Å². The van der Waals surface area contributed by atoms with Crippen LogP contribution in [0.2, 0.25) is 0 Å². The molecule has 7 nitrogen and oxygen atoms in total. The summed E-state index contributed by atoms with van der Waals surface area (Å²) in [5.41, 5.74) is 1.52. The summed E-state index contributed by atoms with van der Waals surface area (Å²) in [7, 11) is 0. The molecule has 2 amide bonds. The third-order valence-electron chi connectivity index (χ3n) is 4.36. The molecule has 0 bridgehead atoms. The summed E-state index contributed by atoms with van der Waals surface area (Å²) < 4.78 is 11.1. The maximum atomic E-state index is 12.1. The standard InChI is InChI=1S/C18H24N4O3/c1-11(2)16-14(8-9-24-16)10-19-18(23)20-15-6-4-13(5-7-15)17-22-21-12(3)25-17/h4-7,11,14,16H,8-10H2,1-3H3,(H2,19,20,23)/t14-,16+/m0/s1. The summed E-state index contributed by atoms with van der Waals surface area (Å²) in [5.74, 6) is 1.81. The van der Waals surface area contributed by atoms with E-state index in [4.69, 9.17) is 9.15 Å². The van der Waals surface area contributed by atoms with Crippen molar-refractivity contribution in [3.05, 3.63) is 30.2 Å². The van der Waals surface area contributed by atoms with Gasteiger partial charge in [0.1, 0.15) is 0 Å². The predicted molar refractivity (Wildman–Crippen MR) is 94.2 cm³/mol. The molecule has 1 aromatic heterocycles. The fourth-order valence-electron chi connectivity index (χ4n) is 3.12. The molecule has 2 aromatic rings. The summed E-state index contributed by atoms with van der Waals surface area (Å²) in [6.07, 6.45) is 1.21. The number of urea groups is 1. The molecule has 0 spiro atoms. The van der Waals surface area contributed by atoms with E-state index in [9.17, 15) is 4.79 Å². The van der Waals surface area contributed by atoms with Gasteiger partial charge in [-0.05, 0) is 36.6 Å². The Morgan fingerprint density at radius 1 is 1.28 bits per heavy atom. The first-order chi connectivity index (χ1) is 12.0. The molecular formula is C18H24N4O3. The average Bonchev–Trinajstić information content (AvgIpc) is 3.22. The zero-order valence-electron chi connectivity index (χ0n) is 14.8. The lowest BCUT2D eigenvalue weighted by Gasteiger charge is -2.22. The second-order valence-electron chi connectivity index (χ2n) is 6.67. The van der Waals surface area contributed by atoms with Crippen LogP contribution in [-0.4, -0.2) is 35.5 Å². The van der Waals surface area contributed by atoms with Crippen LogP contribution in [0.4, 0.5) is 10.5 Å². The van der Waals surface area contributed by atoms with Crippen LogP contribution in [0.3, 0.4) is 0 Å². The van der Waals surface area contributed by atoms with Crippen molar-refractivity contribution >= 4 is 11.7 Å². The van der Waals surface area contributed by atoms with Gasteiger partial charge in [-0.15, -0.1) is 10.2 Å². The number of nitrogens with zero attached hydrogens (tertiary/aromatic N) is 2. The minimum atomic E-state index is -0.212. The maximum absolute atomic E-state index is 12.1. The van der Waals surface area contributed by atoms with E-state index in [0.717, 1.165) is 18.6 Å². The number of nitrogens with one attached hydrogen (secondary N) is 2. The number of benzene rings is 1. The lowest BCUT2D eigenvalue weighted by molar-refractivity contribution is 0.0546. The Labute approximate surface area is 147 Å². The average molecular weight is 344 g/mol. The number of amides is 2. The number of aryl methyl sites for hydroxylation is 1. The van der Waals surface area contributed by atoms with Crippen molar-refractivity contribution in [2.24, 2.45) is 11.8 Å². The molecule has 7 heteroatoms. The number of carbonyl (C=O) groups excluding carboxylic acids is 1. The van der Waals surface area contributed by atoms with Crippen LogP contribution in [-0.2, 0) is 4.74 Å². The number of rotatable bonds is 5. The van der Waals surface area contributed by atoms with Crippen LogP contribution >= 0.6 is 0 Å². The Bertz CT molecular complexity index is 711. The highest BCUT2D eigenvalue weighted by Crippen LogP contribution is 2.26. The van der Waals surface area contributed by atoms with Crippen molar-refractivity contribution in [1.29, 1.82) is 0 Å². The topological polar surface area (TPSA) is 89.3 Å². The smallest absolute Gasteiger partial charge is 0.319 e. The maximum Gasteiger partial charge on any atom is 0.319 e. The first kappa shape index (κ1) is 17.4. The minimum Gasteiger partial charge on any atom is -0.421 e. The summed E-state index contributed by atoms with van der Waals surface area (Å²) in [6.45, 7) is 7.43. The van der Waals surface area contributed by atoms with Crippen LogP contribution in [0, 0.1) is 18.8 Å². The van der Waals surface area contributed by atoms with Gasteiger partial charge in [-0.25, -0.2) is 4.79 Å². The Morgan fingerprint density at radius 3 is 2.68 bits per heavy atom. The van der Waals surface area contributed by atoms with Crippen molar-refractivity contribution in [1.82, 2.24) is 15.5 Å². The van der Waals surface area contributed by atoms with Gasteiger partial charge < -0.3 is 19.8 Å². The van der Waals surface area contributed by atoms with Gasteiger partial charge in [-0.1, -0.05) is 13.8 Å². The quantitative estimate of drug-likeness (QED) is 0.869. The lowest BCUT2D eigenvalue weighted by Crippen LogP contribution is -2.37. The van der Waals surface area contributed by atoms with Crippen molar-refractivity contribution < 1.29 is 13.9 Å². The number of hydrogen-bond acceptors (Lipinski definition) is 5. The van der Waals surface area contributed by atoms with Crippen LogP contribution in [0.5, 0.6) is 0 Å². The zero-order chi connectivity index (χ0) is 17.8. The van der Waals surface area contributed by atoms with Gasteiger partial charge in [0.05, 0.1) is 6.10 Å². The molecule has 1 saturated heterocycles. The Hall–Kier alpha value is -2.41. The minimum absolute atomic E-state index is 0.212. The summed E-state index contributed by atoms with van der Waals surface area (Å²) in [5, 5.41) is 13.6. The predicted octanol–water partition coefficient (Wildman–Crippen LogP) is 3.23. The Kier molecular flexibility index (Phi) is 5.33. The molecule has 2 N–H and O–H groups in total. The molecule has 25 heavy (non-hydrogen) atoms. The second-order valence-corrected chi connectivity index (χ2v) is 6.67. The molecule has 134 valence electrons. The zero-order valence-corrected chi connectivity index (χ0v) is 14.8. The summed E-state index contributed by atoms with van der Waals surface area (Å²) in [6, 6.07) is 7.08. The van der Waals surface area contributed by atoms with Gasteiger partial charge in [0, 0.05) is 37.2 Å².